The number of hydrogen-bond donors (Lipinski definition) is 2. The van der Waals surface area contributed by atoms with Gasteiger partial charge in [-0.3, -0.25) is 0 Å². The topological polar surface area (TPSA) is 58.2 Å². The summed E-state index contributed by atoms with van der Waals surface area (Å²) in [5, 5.41) is 4.14. The van der Waals surface area contributed by atoms with Gasteiger partial charge in [0.05, 0.1) is 10.9 Å². The van der Waals surface area contributed by atoms with Crippen molar-refractivity contribution in [2.75, 3.05) is 6.54 Å². The fourth-order valence-electron chi connectivity index (χ4n) is 2.99. The third kappa shape index (κ3) is 6.59. The number of sulfonamides is 1. The lowest BCUT2D eigenvalue weighted by Crippen LogP contribution is -2.43. The van der Waals surface area contributed by atoms with Gasteiger partial charge in [0.15, 0.2) is 0 Å². The Morgan fingerprint density at radius 3 is 2.07 bits per heavy atom. The molecule has 0 amide bonds. The number of aryl methyl sites for hydroxylation is 1. The van der Waals surface area contributed by atoms with Crippen molar-refractivity contribution in [2.24, 2.45) is 5.92 Å². The second-order valence-corrected chi connectivity index (χ2v) is 10.4. The molecule has 0 fully saturated rings. The average Bonchev–Trinajstić information content (AvgIpc) is 2.61. The molecule has 0 radical (unpaired) electrons. The minimum absolute atomic E-state index is 0.0478. The van der Waals surface area contributed by atoms with E-state index < -0.39 is 10.0 Å². The first-order valence-electron chi connectivity index (χ1n) is 9.61. The highest BCUT2D eigenvalue weighted by Crippen LogP contribution is 2.28. The minimum Gasteiger partial charge on any atom is -0.312 e. The van der Waals surface area contributed by atoms with Crippen molar-refractivity contribution < 1.29 is 8.42 Å². The first kappa shape index (κ1) is 22.9. The first-order chi connectivity index (χ1) is 13.0. The van der Waals surface area contributed by atoms with Gasteiger partial charge >= 0.3 is 0 Å². The van der Waals surface area contributed by atoms with Crippen LogP contribution in [-0.2, 0) is 10.0 Å². The maximum absolute atomic E-state index is 13.1. The van der Waals surface area contributed by atoms with E-state index in [0.29, 0.717) is 11.6 Å². The van der Waals surface area contributed by atoms with Gasteiger partial charge in [0, 0.05) is 17.1 Å². The highest BCUT2D eigenvalue weighted by Gasteiger charge is 2.28. The number of benzene rings is 2. The Balaban J connectivity index is 2.36. The van der Waals surface area contributed by atoms with E-state index >= 15 is 0 Å². The van der Waals surface area contributed by atoms with E-state index in [1.54, 1.807) is 24.3 Å². The van der Waals surface area contributed by atoms with Gasteiger partial charge in [-0.2, -0.15) is 0 Å². The molecule has 2 rings (SSSR count). The molecule has 0 spiro atoms. The SMILES string of the molecule is CC[C@@H](CNC(C)(C)C)[C@H](NS(=O)(=O)c1ccc(C)cc1)c1ccc(Cl)cc1. The number of nitrogens with one attached hydrogen (secondary N) is 2. The van der Waals surface area contributed by atoms with Gasteiger partial charge in [0.25, 0.3) is 0 Å². The van der Waals surface area contributed by atoms with Gasteiger partial charge in [-0.1, -0.05) is 54.8 Å². The maximum Gasteiger partial charge on any atom is 0.241 e. The molecule has 2 atom stereocenters. The Kier molecular flexibility index (Phi) is 7.68. The smallest absolute Gasteiger partial charge is 0.241 e. The zero-order valence-corrected chi connectivity index (χ0v) is 18.9. The summed E-state index contributed by atoms with van der Waals surface area (Å²) in [4.78, 5) is 0.274. The molecular weight excluding hydrogens is 392 g/mol. The molecule has 0 aliphatic carbocycles. The molecule has 2 aromatic carbocycles. The predicted octanol–water partition coefficient (Wildman–Crippen LogP) is 5.08. The number of hydrogen-bond acceptors (Lipinski definition) is 3. The molecule has 2 aromatic rings. The molecular formula is C22H31ClN2O2S. The zero-order valence-electron chi connectivity index (χ0n) is 17.3. The molecule has 0 bridgehead atoms. The molecule has 2 N–H and O–H groups in total. The van der Waals surface area contributed by atoms with Crippen LogP contribution in [0.3, 0.4) is 0 Å². The summed E-state index contributed by atoms with van der Waals surface area (Å²) in [5.41, 5.74) is 1.88. The Hall–Kier alpha value is -1.40. The standard InChI is InChI=1S/C22H31ClN2O2S/c1-6-17(15-24-22(3,4)5)21(18-9-11-19(23)12-10-18)25-28(26,27)20-13-7-16(2)8-14-20/h7-14,17,21,24-25H,6,15H2,1-5H3/t17-,21-/m0/s1. The lowest BCUT2D eigenvalue weighted by Gasteiger charge is -2.31. The second-order valence-electron chi connectivity index (χ2n) is 8.26. The zero-order chi connectivity index (χ0) is 20.9. The Bertz CT molecular complexity index is 857. The number of halogens is 1. The summed E-state index contributed by atoms with van der Waals surface area (Å²) in [6.07, 6.45) is 0.826. The van der Waals surface area contributed by atoms with Crippen LogP contribution < -0.4 is 10.0 Å². The van der Waals surface area contributed by atoms with Crippen molar-refractivity contribution in [3.05, 3.63) is 64.7 Å². The van der Waals surface area contributed by atoms with Gasteiger partial charge in [-0.05, 0) is 63.4 Å². The van der Waals surface area contributed by atoms with Gasteiger partial charge in [-0.25, -0.2) is 13.1 Å². The van der Waals surface area contributed by atoms with E-state index in [9.17, 15) is 8.42 Å². The molecule has 154 valence electrons. The van der Waals surface area contributed by atoms with Crippen molar-refractivity contribution in [2.45, 2.75) is 57.5 Å². The fraction of sp³-hybridized carbons (Fsp3) is 0.455. The van der Waals surface area contributed by atoms with Crippen molar-refractivity contribution in [1.29, 1.82) is 0 Å². The van der Waals surface area contributed by atoms with Crippen molar-refractivity contribution in [1.82, 2.24) is 10.0 Å². The van der Waals surface area contributed by atoms with Gasteiger partial charge in [0.1, 0.15) is 0 Å². The van der Waals surface area contributed by atoms with Crippen LogP contribution in [0.2, 0.25) is 5.02 Å². The van der Waals surface area contributed by atoms with E-state index in [4.69, 9.17) is 11.6 Å². The van der Waals surface area contributed by atoms with Crippen LogP contribution in [0.1, 0.15) is 51.3 Å². The minimum atomic E-state index is -3.65. The molecule has 0 unspecified atom stereocenters. The molecule has 0 heterocycles. The molecule has 0 aromatic heterocycles. The fourth-order valence-corrected chi connectivity index (χ4v) is 4.41. The average molecular weight is 423 g/mol. The highest BCUT2D eigenvalue weighted by molar-refractivity contribution is 7.89. The largest absolute Gasteiger partial charge is 0.312 e. The third-order valence-corrected chi connectivity index (χ3v) is 6.44. The normalized spacial score (nSPS) is 14.6. The van der Waals surface area contributed by atoms with Crippen LogP contribution >= 0.6 is 11.6 Å². The third-order valence-electron chi connectivity index (χ3n) is 4.73. The summed E-state index contributed by atoms with van der Waals surface area (Å²) < 4.78 is 29.1. The lowest BCUT2D eigenvalue weighted by atomic mass is 9.90. The molecule has 0 aliphatic rings. The molecule has 4 nitrogen and oxygen atoms in total. The van der Waals surface area contributed by atoms with Gasteiger partial charge < -0.3 is 5.32 Å². The van der Waals surface area contributed by atoms with Crippen LogP contribution in [0.4, 0.5) is 0 Å². The van der Waals surface area contributed by atoms with Crippen molar-refractivity contribution in [3.8, 4) is 0 Å². The van der Waals surface area contributed by atoms with Crippen LogP contribution in [0.5, 0.6) is 0 Å². The summed E-state index contributed by atoms with van der Waals surface area (Å²) in [6, 6.07) is 13.9. The Morgan fingerprint density at radius 2 is 1.57 bits per heavy atom. The Labute approximate surface area is 174 Å². The molecule has 28 heavy (non-hydrogen) atoms. The van der Waals surface area contributed by atoms with Crippen LogP contribution in [0.25, 0.3) is 0 Å². The van der Waals surface area contributed by atoms with Crippen LogP contribution in [-0.4, -0.2) is 20.5 Å². The van der Waals surface area contributed by atoms with Gasteiger partial charge in [-0.15, -0.1) is 0 Å². The van der Waals surface area contributed by atoms with Crippen LogP contribution in [0, 0.1) is 12.8 Å². The molecule has 0 saturated heterocycles. The highest BCUT2D eigenvalue weighted by atomic mass is 35.5. The lowest BCUT2D eigenvalue weighted by molar-refractivity contribution is 0.318. The van der Waals surface area contributed by atoms with Crippen molar-refractivity contribution in [3.63, 3.8) is 0 Å². The van der Waals surface area contributed by atoms with Crippen molar-refractivity contribution >= 4 is 21.6 Å². The van der Waals surface area contributed by atoms with E-state index in [1.807, 2.05) is 31.2 Å². The first-order valence-corrected chi connectivity index (χ1v) is 11.5. The van der Waals surface area contributed by atoms with E-state index in [2.05, 4.69) is 37.7 Å². The van der Waals surface area contributed by atoms with E-state index in [-0.39, 0.29) is 22.4 Å². The molecule has 0 aliphatic heterocycles. The predicted molar refractivity (Wildman–Crippen MR) is 117 cm³/mol. The summed E-state index contributed by atoms with van der Waals surface area (Å²) >= 11 is 6.04. The summed E-state index contributed by atoms with van der Waals surface area (Å²) in [6.45, 7) is 11.0. The summed E-state index contributed by atoms with van der Waals surface area (Å²) in [5.74, 6) is 0.0839. The molecule has 0 saturated carbocycles. The van der Waals surface area contributed by atoms with E-state index in [1.165, 1.54) is 0 Å². The van der Waals surface area contributed by atoms with Gasteiger partial charge in [0.2, 0.25) is 10.0 Å². The Morgan fingerprint density at radius 1 is 1.00 bits per heavy atom. The monoisotopic (exact) mass is 422 g/mol. The summed E-state index contributed by atoms with van der Waals surface area (Å²) in [7, 11) is -3.65. The van der Waals surface area contributed by atoms with Crippen LogP contribution in [0.15, 0.2) is 53.4 Å². The molecule has 6 heteroatoms. The number of rotatable bonds is 8. The second kappa shape index (κ2) is 9.40. The quantitative estimate of drug-likeness (QED) is 0.623. The maximum atomic E-state index is 13.1. The van der Waals surface area contributed by atoms with E-state index in [0.717, 1.165) is 17.5 Å².